The standard InChI is InChI=1S/C24H38N8O4/c1-29(2)19-9-12-30(15-19)24-25-10-8-21(28-24)27-22(34)20-7-11-26-32(20)23(35)18(14-31(36)16-33)13-17-5-3-4-6-17/h8,10,16-20,26,36H,3-7,9,11-15H2,1-2H3,(H,25,27,28,34)/t18-,19+,20+/m1/s1. The maximum atomic E-state index is 13.5. The quantitative estimate of drug-likeness (QED) is 0.240. The zero-order valence-corrected chi connectivity index (χ0v) is 21.2. The summed E-state index contributed by atoms with van der Waals surface area (Å²) >= 11 is 0. The molecule has 0 bridgehead atoms. The molecule has 36 heavy (non-hydrogen) atoms. The number of hydrazine groups is 1. The van der Waals surface area contributed by atoms with Crippen LogP contribution in [-0.2, 0) is 14.4 Å². The highest BCUT2D eigenvalue weighted by Gasteiger charge is 2.39. The molecule has 3 aliphatic rings. The Bertz CT molecular complexity index is 925. The molecule has 1 aliphatic carbocycles. The number of rotatable bonds is 10. The van der Waals surface area contributed by atoms with E-state index in [1.165, 1.54) is 5.01 Å². The van der Waals surface area contributed by atoms with Gasteiger partial charge in [-0.1, -0.05) is 25.7 Å². The number of carbonyl (C=O) groups is 3. The third kappa shape index (κ3) is 6.29. The topological polar surface area (TPSA) is 134 Å². The largest absolute Gasteiger partial charge is 0.339 e. The van der Waals surface area contributed by atoms with Crippen LogP contribution in [0.2, 0.25) is 0 Å². The van der Waals surface area contributed by atoms with Gasteiger partial charge in [-0.15, -0.1) is 0 Å². The monoisotopic (exact) mass is 502 g/mol. The first-order valence-corrected chi connectivity index (χ1v) is 12.9. The zero-order valence-electron chi connectivity index (χ0n) is 21.2. The van der Waals surface area contributed by atoms with Gasteiger partial charge in [0.05, 0.1) is 12.5 Å². The Balaban J connectivity index is 1.41. The second-order valence-electron chi connectivity index (χ2n) is 10.3. The third-order valence-corrected chi connectivity index (χ3v) is 7.59. The smallest absolute Gasteiger partial charge is 0.250 e. The van der Waals surface area contributed by atoms with Gasteiger partial charge in [-0.25, -0.2) is 15.5 Å². The molecule has 2 saturated heterocycles. The van der Waals surface area contributed by atoms with E-state index >= 15 is 0 Å². The molecule has 0 spiro atoms. The van der Waals surface area contributed by atoms with E-state index in [0.29, 0.717) is 54.6 Å². The Morgan fingerprint density at radius 1 is 1.28 bits per heavy atom. The lowest BCUT2D eigenvalue weighted by molar-refractivity contribution is -0.159. The number of anilines is 2. The maximum Gasteiger partial charge on any atom is 0.250 e. The fourth-order valence-corrected chi connectivity index (χ4v) is 5.53. The van der Waals surface area contributed by atoms with Crippen molar-refractivity contribution < 1.29 is 19.6 Å². The van der Waals surface area contributed by atoms with E-state index in [1.54, 1.807) is 12.3 Å². The Hall–Kier alpha value is -2.83. The third-order valence-electron chi connectivity index (χ3n) is 7.59. The predicted octanol–water partition coefficient (Wildman–Crippen LogP) is 0.705. The van der Waals surface area contributed by atoms with E-state index in [2.05, 4.69) is 44.6 Å². The molecule has 3 atom stereocenters. The van der Waals surface area contributed by atoms with Crippen LogP contribution in [0.3, 0.4) is 0 Å². The number of hydrogen-bond donors (Lipinski definition) is 3. The number of nitrogens with one attached hydrogen (secondary N) is 2. The van der Waals surface area contributed by atoms with Crippen molar-refractivity contribution in [2.45, 2.75) is 57.0 Å². The molecular formula is C24H38N8O4. The van der Waals surface area contributed by atoms with Gasteiger partial charge < -0.3 is 15.1 Å². The SMILES string of the molecule is CN(C)[C@H]1CCN(c2nccc(NC(=O)[C@@H]3CCNN3C(=O)[C@H](CC3CCCC3)CN(O)C=O)n2)C1. The highest BCUT2D eigenvalue weighted by Crippen LogP contribution is 2.32. The van der Waals surface area contributed by atoms with Crippen LogP contribution in [0.5, 0.6) is 0 Å². The minimum atomic E-state index is -0.713. The molecule has 12 nitrogen and oxygen atoms in total. The van der Waals surface area contributed by atoms with E-state index in [1.807, 2.05) is 0 Å². The van der Waals surface area contributed by atoms with Crippen molar-refractivity contribution in [3.05, 3.63) is 12.3 Å². The highest BCUT2D eigenvalue weighted by molar-refractivity contribution is 5.97. The molecule has 0 aromatic carbocycles. The Kier molecular flexibility index (Phi) is 8.70. The summed E-state index contributed by atoms with van der Waals surface area (Å²) in [6, 6.07) is 1.36. The molecule has 2 aliphatic heterocycles. The number of likely N-dealkylation sites (N-methyl/N-ethyl adjacent to an activating group) is 1. The summed E-state index contributed by atoms with van der Waals surface area (Å²) < 4.78 is 0. The van der Waals surface area contributed by atoms with Gasteiger partial charge in [0.2, 0.25) is 24.2 Å². The first-order valence-electron chi connectivity index (χ1n) is 12.9. The molecule has 3 fully saturated rings. The Morgan fingerprint density at radius 3 is 2.75 bits per heavy atom. The second kappa shape index (κ2) is 11.9. The summed E-state index contributed by atoms with van der Waals surface area (Å²) in [4.78, 5) is 50.9. The van der Waals surface area contributed by atoms with Crippen LogP contribution in [0, 0.1) is 11.8 Å². The number of carbonyl (C=O) groups excluding carboxylic acids is 3. The second-order valence-corrected chi connectivity index (χ2v) is 10.3. The number of aromatic nitrogens is 2. The number of hydroxylamine groups is 2. The molecule has 3 amide bonds. The van der Waals surface area contributed by atoms with Gasteiger partial charge in [-0.2, -0.15) is 4.98 Å². The summed E-state index contributed by atoms with van der Waals surface area (Å²) in [6.45, 7) is 2.06. The minimum absolute atomic E-state index is 0.0929. The van der Waals surface area contributed by atoms with Crippen LogP contribution < -0.4 is 15.6 Å². The van der Waals surface area contributed by atoms with Gasteiger partial charge in [0.25, 0.3) is 0 Å². The van der Waals surface area contributed by atoms with Gasteiger partial charge >= 0.3 is 0 Å². The Morgan fingerprint density at radius 2 is 2.06 bits per heavy atom. The summed E-state index contributed by atoms with van der Waals surface area (Å²) in [5.41, 5.74) is 3.03. The molecule has 1 saturated carbocycles. The summed E-state index contributed by atoms with van der Waals surface area (Å²) in [5, 5.41) is 14.5. The predicted molar refractivity (Wildman–Crippen MR) is 133 cm³/mol. The van der Waals surface area contributed by atoms with Gasteiger partial charge in [0.1, 0.15) is 11.9 Å². The van der Waals surface area contributed by atoms with Crippen molar-refractivity contribution in [3.63, 3.8) is 0 Å². The summed E-state index contributed by atoms with van der Waals surface area (Å²) in [6.07, 6.45) is 8.33. The molecular weight excluding hydrogens is 464 g/mol. The van der Waals surface area contributed by atoms with Crippen molar-refractivity contribution in [1.82, 2.24) is 30.4 Å². The average Bonchev–Trinajstić information content (AvgIpc) is 3.65. The van der Waals surface area contributed by atoms with Crippen molar-refractivity contribution in [3.8, 4) is 0 Å². The van der Waals surface area contributed by atoms with Gasteiger partial charge in [0, 0.05) is 31.9 Å². The lowest BCUT2D eigenvalue weighted by Crippen LogP contribution is -2.51. The van der Waals surface area contributed by atoms with Crippen molar-refractivity contribution >= 4 is 30.0 Å². The molecule has 1 aromatic rings. The molecule has 1 aromatic heterocycles. The number of nitrogens with zero attached hydrogens (tertiary/aromatic N) is 6. The van der Waals surface area contributed by atoms with Crippen LogP contribution in [0.25, 0.3) is 0 Å². The van der Waals surface area contributed by atoms with Crippen LogP contribution in [-0.4, -0.2) is 101 Å². The lowest BCUT2D eigenvalue weighted by atomic mass is 9.92. The molecule has 0 radical (unpaired) electrons. The van der Waals surface area contributed by atoms with Crippen LogP contribution in [0.1, 0.15) is 44.9 Å². The lowest BCUT2D eigenvalue weighted by Gasteiger charge is -2.29. The van der Waals surface area contributed by atoms with E-state index in [9.17, 15) is 19.6 Å². The van der Waals surface area contributed by atoms with E-state index in [0.717, 1.165) is 45.2 Å². The molecule has 3 N–H and O–H groups in total. The van der Waals surface area contributed by atoms with Gasteiger partial charge in [-0.3, -0.25) is 24.6 Å². The van der Waals surface area contributed by atoms with Gasteiger partial charge in [-0.05, 0) is 45.3 Å². The molecule has 12 heteroatoms. The molecule has 4 rings (SSSR count). The van der Waals surface area contributed by atoms with Gasteiger partial charge in [0.15, 0.2) is 0 Å². The van der Waals surface area contributed by atoms with E-state index < -0.39 is 12.0 Å². The average molecular weight is 503 g/mol. The molecule has 198 valence electrons. The fraction of sp³-hybridized carbons (Fsp3) is 0.708. The van der Waals surface area contributed by atoms with Crippen molar-refractivity contribution in [2.24, 2.45) is 11.8 Å². The summed E-state index contributed by atoms with van der Waals surface area (Å²) in [5.74, 6) is 0.142. The number of hydrogen-bond acceptors (Lipinski definition) is 9. The summed E-state index contributed by atoms with van der Waals surface area (Å²) in [7, 11) is 4.12. The Labute approximate surface area is 211 Å². The van der Waals surface area contributed by atoms with Crippen molar-refractivity contribution in [1.29, 1.82) is 0 Å². The normalized spacial score (nSPS) is 23.3. The highest BCUT2D eigenvalue weighted by atomic mass is 16.5. The first-order chi connectivity index (χ1) is 17.4. The zero-order chi connectivity index (χ0) is 25.7. The van der Waals surface area contributed by atoms with E-state index in [-0.39, 0.29) is 18.4 Å². The fourth-order valence-electron chi connectivity index (χ4n) is 5.53. The van der Waals surface area contributed by atoms with E-state index in [4.69, 9.17) is 0 Å². The van der Waals surface area contributed by atoms with Crippen LogP contribution >= 0.6 is 0 Å². The minimum Gasteiger partial charge on any atom is -0.339 e. The molecule has 0 unspecified atom stereocenters. The number of amides is 3. The first kappa shape index (κ1) is 26.2. The molecule has 3 heterocycles. The van der Waals surface area contributed by atoms with Crippen LogP contribution in [0.15, 0.2) is 12.3 Å². The van der Waals surface area contributed by atoms with Crippen molar-refractivity contribution in [2.75, 3.05) is 50.5 Å². The maximum absolute atomic E-state index is 13.5. The van der Waals surface area contributed by atoms with Crippen LogP contribution in [0.4, 0.5) is 11.8 Å².